The van der Waals surface area contributed by atoms with E-state index in [1.807, 2.05) is 34.1 Å². The van der Waals surface area contributed by atoms with Crippen molar-refractivity contribution in [1.29, 1.82) is 0 Å². The summed E-state index contributed by atoms with van der Waals surface area (Å²) >= 11 is 0. The molecule has 3 aliphatic rings. The van der Waals surface area contributed by atoms with Gasteiger partial charge in [0.1, 0.15) is 0 Å². The van der Waals surface area contributed by atoms with Crippen LogP contribution in [-0.4, -0.2) is 42.9 Å². The molecule has 1 aromatic rings. The van der Waals surface area contributed by atoms with Crippen LogP contribution < -0.4 is 9.80 Å². The summed E-state index contributed by atoms with van der Waals surface area (Å²) in [5, 5.41) is 0. The number of hydrogen-bond acceptors (Lipinski definition) is 3. The molecule has 2 amide bonds. The van der Waals surface area contributed by atoms with Crippen LogP contribution in [0.1, 0.15) is 44.9 Å². The van der Waals surface area contributed by atoms with Crippen molar-refractivity contribution in [2.24, 2.45) is 0 Å². The lowest BCUT2D eigenvalue weighted by Crippen LogP contribution is -2.43. The SMILES string of the molecule is O=C1CCCCN1c1ccc(N2CCC=C(N3CCCCC3)C2=O)cc1. The smallest absolute Gasteiger partial charge is 0.274 e. The second-order valence-corrected chi connectivity index (χ2v) is 7.40. The van der Waals surface area contributed by atoms with E-state index in [-0.39, 0.29) is 11.8 Å². The third-order valence-electron chi connectivity index (χ3n) is 5.65. The Kier molecular flexibility index (Phi) is 4.96. The molecule has 0 atom stereocenters. The number of amides is 2. The van der Waals surface area contributed by atoms with Crippen molar-refractivity contribution < 1.29 is 9.59 Å². The third kappa shape index (κ3) is 3.35. The van der Waals surface area contributed by atoms with E-state index in [1.54, 1.807) is 0 Å². The van der Waals surface area contributed by atoms with Gasteiger partial charge < -0.3 is 14.7 Å². The summed E-state index contributed by atoms with van der Waals surface area (Å²) in [6, 6.07) is 7.91. The maximum Gasteiger partial charge on any atom is 0.274 e. The number of carbonyl (C=O) groups is 2. The first-order valence-electron chi connectivity index (χ1n) is 9.91. The molecular formula is C21H27N3O2. The Labute approximate surface area is 155 Å². The van der Waals surface area contributed by atoms with Gasteiger partial charge in [0.15, 0.2) is 0 Å². The fraction of sp³-hybridized carbons (Fsp3) is 0.524. The molecule has 0 radical (unpaired) electrons. The molecule has 0 aromatic heterocycles. The van der Waals surface area contributed by atoms with Crippen LogP contribution >= 0.6 is 0 Å². The van der Waals surface area contributed by atoms with Gasteiger partial charge in [-0.1, -0.05) is 6.08 Å². The standard InChI is InChI=1S/C21H27N3O2/c25-20-8-2-5-15-23(20)17-9-11-18(12-10-17)24-16-6-7-19(21(24)26)22-13-3-1-4-14-22/h7,9-12H,1-6,8,13-16H2. The summed E-state index contributed by atoms with van der Waals surface area (Å²) in [6.45, 7) is 3.49. The van der Waals surface area contributed by atoms with Crippen molar-refractivity contribution in [1.82, 2.24) is 4.90 Å². The molecule has 2 fully saturated rings. The molecule has 0 unspecified atom stereocenters. The fourth-order valence-electron chi connectivity index (χ4n) is 4.19. The summed E-state index contributed by atoms with van der Waals surface area (Å²) in [5.74, 6) is 0.313. The Bertz CT molecular complexity index is 704. The predicted octanol–water partition coefficient (Wildman–Crippen LogP) is 3.31. The second kappa shape index (κ2) is 7.52. The number of anilines is 2. The molecule has 1 aromatic carbocycles. The molecule has 26 heavy (non-hydrogen) atoms. The number of rotatable bonds is 3. The van der Waals surface area contributed by atoms with Gasteiger partial charge in [0.05, 0.1) is 5.70 Å². The van der Waals surface area contributed by atoms with Gasteiger partial charge in [-0.2, -0.15) is 0 Å². The van der Waals surface area contributed by atoms with E-state index in [9.17, 15) is 9.59 Å². The first-order valence-corrected chi connectivity index (χ1v) is 9.91. The topological polar surface area (TPSA) is 43.9 Å². The van der Waals surface area contributed by atoms with Crippen LogP contribution in [0.15, 0.2) is 36.0 Å². The lowest BCUT2D eigenvalue weighted by molar-refractivity contribution is -0.119. The van der Waals surface area contributed by atoms with Crippen molar-refractivity contribution in [2.45, 2.75) is 44.9 Å². The Hall–Kier alpha value is -2.30. The van der Waals surface area contributed by atoms with Gasteiger partial charge in [-0.25, -0.2) is 0 Å². The Balaban J connectivity index is 1.49. The molecule has 0 N–H and O–H groups in total. The quantitative estimate of drug-likeness (QED) is 0.837. The molecule has 3 aliphatic heterocycles. The molecular weight excluding hydrogens is 326 g/mol. The molecule has 3 heterocycles. The van der Waals surface area contributed by atoms with E-state index in [1.165, 1.54) is 19.3 Å². The van der Waals surface area contributed by atoms with Gasteiger partial charge >= 0.3 is 0 Å². The maximum absolute atomic E-state index is 13.0. The lowest BCUT2D eigenvalue weighted by atomic mass is 10.1. The highest BCUT2D eigenvalue weighted by Crippen LogP contribution is 2.28. The van der Waals surface area contributed by atoms with E-state index in [4.69, 9.17) is 0 Å². The van der Waals surface area contributed by atoms with Crippen LogP contribution in [0.3, 0.4) is 0 Å². The molecule has 4 rings (SSSR count). The summed E-state index contributed by atoms with van der Waals surface area (Å²) in [5.41, 5.74) is 2.73. The Morgan fingerprint density at radius 1 is 0.692 bits per heavy atom. The zero-order valence-electron chi connectivity index (χ0n) is 15.3. The molecule has 0 spiro atoms. The third-order valence-corrected chi connectivity index (χ3v) is 5.65. The summed E-state index contributed by atoms with van der Waals surface area (Å²) < 4.78 is 0. The molecule has 0 bridgehead atoms. The van der Waals surface area contributed by atoms with Crippen LogP contribution in [0.5, 0.6) is 0 Å². The molecule has 0 saturated carbocycles. The minimum atomic E-state index is 0.111. The molecule has 0 aliphatic carbocycles. The lowest BCUT2D eigenvalue weighted by Gasteiger charge is -2.36. The van der Waals surface area contributed by atoms with E-state index in [2.05, 4.69) is 11.0 Å². The highest BCUT2D eigenvalue weighted by molar-refractivity contribution is 6.06. The number of likely N-dealkylation sites (tertiary alicyclic amines) is 1. The zero-order chi connectivity index (χ0) is 17.9. The first-order chi connectivity index (χ1) is 12.7. The Morgan fingerprint density at radius 2 is 1.35 bits per heavy atom. The average molecular weight is 353 g/mol. The molecule has 138 valence electrons. The van der Waals surface area contributed by atoms with Gasteiger partial charge in [0, 0.05) is 44.0 Å². The predicted molar refractivity (Wildman–Crippen MR) is 103 cm³/mol. The number of hydrogen-bond donors (Lipinski definition) is 0. The van der Waals surface area contributed by atoms with Crippen LogP contribution in [0.2, 0.25) is 0 Å². The minimum absolute atomic E-state index is 0.111. The molecule has 5 heteroatoms. The summed E-state index contributed by atoms with van der Waals surface area (Å²) in [6.07, 6.45) is 9.28. The molecule has 2 saturated heterocycles. The second-order valence-electron chi connectivity index (χ2n) is 7.40. The minimum Gasteiger partial charge on any atom is -0.367 e. The van der Waals surface area contributed by atoms with Crippen molar-refractivity contribution in [2.75, 3.05) is 36.0 Å². The highest BCUT2D eigenvalue weighted by atomic mass is 16.2. The van der Waals surface area contributed by atoms with Crippen molar-refractivity contribution in [3.8, 4) is 0 Å². The summed E-state index contributed by atoms with van der Waals surface area (Å²) in [7, 11) is 0. The van der Waals surface area contributed by atoms with Gasteiger partial charge in [0.2, 0.25) is 5.91 Å². The van der Waals surface area contributed by atoms with E-state index in [0.717, 1.165) is 62.5 Å². The molecule has 5 nitrogen and oxygen atoms in total. The van der Waals surface area contributed by atoms with Crippen molar-refractivity contribution >= 4 is 23.2 Å². The normalized spacial score (nSPS) is 21.8. The van der Waals surface area contributed by atoms with Gasteiger partial charge in [-0.3, -0.25) is 9.59 Å². The van der Waals surface area contributed by atoms with Crippen LogP contribution in [0.4, 0.5) is 11.4 Å². The van der Waals surface area contributed by atoms with Crippen LogP contribution in [-0.2, 0) is 9.59 Å². The van der Waals surface area contributed by atoms with Crippen LogP contribution in [0.25, 0.3) is 0 Å². The van der Waals surface area contributed by atoms with Gasteiger partial charge in [0.25, 0.3) is 5.91 Å². The van der Waals surface area contributed by atoms with E-state index >= 15 is 0 Å². The van der Waals surface area contributed by atoms with Crippen molar-refractivity contribution in [3.63, 3.8) is 0 Å². The Morgan fingerprint density at radius 3 is 2.04 bits per heavy atom. The summed E-state index contributed by atoms with van der Waals surface area (Å²) in [4.78, 5) is 31.1. The van der Waals surface area contributed by atoms with E-state index < -0.39 is 0 Å². The number of nitrogens with zero attached hydrogens (tertiary/aromatic N) is 3. The monoisotopic (exact) mass is 353 g/mol. The van der Waals surface area contributed by atoms with Crippen molar-refractivity contribution in [3.05, 3.63) is 36.0 Å². The zero-order valence-corrected chi connectivity index (χ0v) is 15.3. The van der Waals surface area contributed by atoms with Gasteiger partial charge in [-0.05, 0) is 62.8 Å². The van der Waals surface area contributed by atoms with Crippen LogP contribution in [0, 0.1) is 0 Å². The first kappa shape index (κ1) is 17.1. The number of carbonyl (C=O) groups excluding carboxylic acids is 2. The highest BCUT2D eigenvalue weighted by Gasteiger charge is 2.28. The maximum atomic E-state index is 13.0. The largest absolute Gasteiger partial charge is 0.367 e. The fourth-order valence-corrected chi connectivity index (χ4v) is 4.19. The number of piperidine rings is 2. The van der Waals surface area contributed by atoms with Gasteiger partial charge in [-0.15, -0.1) is 0 Å². The average Bonchev–Trinajstić information content (AvgIpc) is 2.69. The van der Waals surface area contributed by atoms with E-state index in [0.29, 0.717) is 6.42 Å². The number of benzene rings is 1.